The van der Waals surface area contributed by atoms with E-state index >= 15 is 0 Å². The Morgan fingerprint density at radius 3 is 2.88 bits per heavy atom. The van der Waals surface area contributed by atoms with Crippen molar-refractivity contribution in [2.45, 2.75) is 32.4 Å². The van der Waals surface area contributed by atoms with E-state index in [9.17, 15) is 4.79 Å². The topological polar surface area (TPSA) is 86.1 Å². The maximum Gasteiger partial charge on any atom is 0.258 e. The zero-order valence-electron chi connectivity index (χ0n) is 13.9. The number of furan rings is 1. The number of nitrogens with zero attached hydrogens (tertiary/aromatic N) is 2. The third-order valence-electron chi connectivity index (χ3n) is 4.52. The van der Waals surface area contributed by atoms with Crippen molar-refractivity contribution in [2.24, 2.45) is 5.73 Å². The molecule has 128 valence electrons. The quantitative estimate of drug-likeness (QED) is 0.766. The fourth-order valence-corrected chi connectivity index (χ4v) is 3.18. The maximum atomic E-state index is 12.2. The number of imidazole rings is 1. The van der Waals surface area contributed by atoms with Gasteiger partial charge in [0.25, 0.3) is 5.91 Å². The lowest BCUT2D eigenvalue weighted by atomic mass is 10.1. The Bertz CT molecular complexity index is 893. The molecule has 0 aliphatic carbocycles. The molecule has 0 spiro atoms. The SMILES string of the molecule is NCc1cc(C(=O)Nc2ccc(-c3ncc4n3CCCC4)cc2)co1. The minimum Gasteiger partial charge on any atom is -0.467 e. The molecule has 0 saturated heterocycles. The van der Waals surface area contributed by atoms with Crippen LogP contribution in [0.15, 0.2) is 47.2 Å². The second-order valence-electron chi connectivity index (χ2n) is 6.22. The molecule has 6 nitrogen and oxygen atoms in total. The van der Waals surface area contributed by atoms with E-state index < -0.39 is 0 Å². The molecule has 1 aliphatic rings. The summed E-state index contributed by atoms with van der Waals surface area (Å²) in [7, 11) is 0. The van der Waals surface area contributed by atoms with Gasteiger partial charge in [-0.2, -0.15) is 0 Å². The van der Waals surface area contributed by atoms with Gasteiger partial charge >= 0.3 is 0 Å². The van der Waals surface area contributed by atoms with Crippen LogP contribution in [-0.4, -0.2) is 15.5 Å². The van der Waals surface area contributed by atoms with E-state index in [1.54, 1.807) is 6.07 Å². The fraction of sp³-hybridized carbons (Fsp3) is 0.263. The molecule has 0 atom stereocenters. The Kier molecular flexibility index (Phi) is 4.11. The van der Waals surface area contributed by atoms with Gasteiger partial charge < -0.3 is 20.0 Å². The minimum atomic E-state index is -0.214. The zero-order chi connectivity index (χ0) is 17.2. The molecule has 0 saturated carbocycles. The summed E-state index contributed by atoms with van der Waals surface area (Å²) in [5.74, 6) is 1.37. The number of anilines is 1. The molecule has 3 N–H and O–H groups in total. The van der Waals surface area contributed by atoms with E-state index in [4.69, 9.17) is 10.2 Å². The first-order chi connectivity index (χ1) is 12.2. The molecule has 1 aliphatic heterocycles. The Morgan fingerprint density at radius 1 is 1.28 bits per heavy atom. The lowest BCUT2D eigenvalue weighted by Gasteiger charge is -2.16. The van der Waals surface area contributed by atoms with Crippen LogP contribution < -0.4 is 11.1 Å². The molecular formula is C19H20N4O2. The van der Waals surface area contributed by atoms with Crippen LogP contribution >= 0.6 is 0 Å². The number of aryl methyl sites for hydroxylation is 1. The van der Waals surface area contributed by atoms with Gasteiger partial charge in [0.2, 0.25) is 0 Å². The molecule has 4 rings (SSSR count). The van der Waals surface area contributed by atoms with E-state index in [-0.39, 0.29) is 12.5 Å². The van der Waals surface area contributed by atoms with Crippen molar-refractivity contribution >= 4 is 11.6 Å². The lowest BCUT2D eigenvalue weighted by molar-refractivity contribution is 0.102. The second kappa shape index (κ2) is 6.57. The Hall–Kier alpha value is -2.86. The predicted molar refractivity (Wildman–Crippen MR) is 95.2 cm³/mol. The highest BCUT2D eigenvalue weighted by Gasteiger charge is 2.15. The molecule has 1 amide bonds. The molecular weight excluding hydrogens is 316 g/mol. The number of carbonyl (C=O) groups excluding carboxylic acids is 1. The van der Waals surface area contributed by atoms with Crippen LogP contribution in [0.3, 0.4) is 0 Å². The number of aromatic nitrogens is 2. The number of rotatable bonds is 4. The number of nitrogens with one attached hydrogen (secondary N) is 1. The molecule has 0 fully saturated rings. The number of carbonyl (C=O) groups is 1. The number of nitrogens with two attached hydrogens (primary N) is 1. The number of benzene rings is 1. The van der Waals surface area contributed by atoms with Gasteiger partial charge in [0.15, 0.2) is 0 Å². The highest BCUT2D eigenvalue weighted by molar-refractivity contribution is 6.04. The van der Waals surface area contributed by atoms with E-state index in [1.807, 2.05) is 30.5 Å². The zero-order valence-corrected chi connectivity index (χ0v) is 13.9. The highest BCUT2D eigenvalue weighted by Crippen LogP contribution is 2.25. The average molecular weight is 336 g/mol. The van der Waals surface area contributed by atoms with Crippen LogP contribution in [-0.2, 0) is 19.5 Å². The van der Waals surface area contributed by atoms with Crippen molar-refractivity contribution in [3.8, 4) is 11.4 Å². The maximum absolute atomic E-state index is 12.2. The van der Waals surface area contributed by atoms with E-state index in [0.29, 0.717) is 11.3 Å². The third kappa shape index (κ3) is 3.08. The summed E-state index contributed by atoms with van der Waals surface area (Å²) in [6.45, 7) is 1.30. The van der Waals surface area contributed by atoms with E-state index in [2.05, 4.69) is 14.9 Å². The second-order valence-corrected chi connectivity index (χ2v) is 6.22. The smallest absolute Gasteiger partial charge is 0.258 e. The Labute approximate surface area is 145 Å². The minimum absolute atomic E-state index is 0.214. The molecule has 1 aromatic carbocycles. The first-order valence-electron chi connectivity index (χ1n) is 8.48. The molecule has 0 radical (unpaired) electrons. The summed E-state index contributed by atoms with van der Waals surface area (Å²) in [5.41, 5.74) is 9.05. The van der Waals surface area contributed by atoms with Crippen LogP contribution in [0, 0.1) is 0 Å². The molecule has 0 bridgehead atoms. The number of amides is 1. The van der Waals surface area contributed by atoms with Crippen molar-refractivity contribution < 1.29 is 9.21 Å². The molecule has 3 aromatic rings. The van der Waals surface area contributed by atoms with Gasteiger partial charge in [0.1, 0.15) is 17.8 Å². The van der Waals surface area contributed by atoms with Crippen molar-refractivity contribution in [1.82, 2.24) is 9.55 Å². The summed E-state index contributed by atoms with van der Waals surface area (Å²) >= 11 is 0. The summed E-state index contributed by atoms with van der Waals surface area (Å²) in [6, 6.07) is 9.41. The van der Waals surface area contributed by atoms with Gasteiger partial charge in [-0.15, -0.1) is 0 Å². The van der Waals surface area contributed by atoms with Crippen LogP contribution in [0.2, 0.25) is 0 Å². The molecule has 2 aromatic heterocycles. The van der Waals surface area contributed by atoms with Crippen LogP contribution in [0.25, 0.3) is 11.4 Å². The van der Waals surface area contributed by atoms with Crippen molar-refractivity contribution in [2.75, 3.05) is 5.32 Å². The molecule has 25 heavy (non-hydrogen) atoms. The lowest BCUT2D eigenvalue weighted by Crippen LogP contribution is -2.11. The Morgan fingerprint density at radius 2 is 2.12 bits per heavy atom. The summed E-state index contributed by atoms with van der Waals surface area (Å²) in [4.78, 5) is 16.8. The Balaban J connectivity index is 1.50. The van der Waals surface area contributed by atoms with Gasteiger partial charge in [0, 0.05) is 29.7 Å². The van der Waals surface area contributed by atoms with Crippen molar-refractivity contribution in [3.63, 3.8) is 0 Å². The molecule has 0 unspecified atom stereocenters. The monoisotopic (exact) mass is 336 g/mol. The molecule has 6 heteroatoms. The number of hydrogen-bond acceptors (Lipinski definition) is 4. The van der Waals surface area contributed by atoms with E-state index in [0.717, 1.165) is 30.0 Å². The van der Waals surface area contributed by atoms with Crippen LogP contribution in [0.4, 0.5) is 5.69 Å². The van der Waals surface area contributed by atoms with Crippen LogP contribution in [0.1, 0.15) is 34.7 Å². The van der Waals surface area contributed by atoms with Gasteiger partial charge in [0.05, 0.1) is 12.1 Å². The predicted octanol–water partition coefficient (Wildman–Crippen LogP) is 3.19. The highest BCUT2D eigenvalue weighted by atomic mass is 16.3. The van der Waals surface area contributed by atoms with E-state index in [1.165, 1.54) is 24.8 Å². The number of hydrogen-bond donors (Lipinski definition) is 2. The van der Waals surface area contributed by atoms with Crippen molar-refractivity contribution in [1.29, 1.82) is 0 Å². The van der Waals surface area contributed by atoms with Gasteiger partial charge in [-0.05, 0) is 49.6 Å². The summed E-state index contributed by atoms with van der Waals surface area (Å²) < 4.78 is 7.49. The summed E-state index contributed by atoms with van der Waals surface area (Å²) in [5, 5.41) is 2.86. The van der Waals surface area contributed by atoms with Gasteiger partial charge in [-0.25, -0.2) is 4.98 Å². The standard InChI is InChI=1S/C19H20N4O2/c20-10-17-9-14(12-25-17)19(24)22-15-6-4-13(5-7-15)18-21-11-16-3-1-2-8-23(16)18/h4-7,9,11-12H,1-3,8,10,20H2,(H,22,24). The summed E-state index contributed by atoms with van der Waals surface area (Å²) in [6.07, 6.45) is 6.91. The third-order valence-corrected chi connectivity index (χ3v) is 4.52. The van der Waals surface area contributed by atoms with Crippen molar-refractivity contribution in [3.05, 3.63) is 59.8 Å². The van der Waals surface area contributed by atoms with Gasteiger partial charge in [-0.1, -0.05) is 0 Å². The number of fused-ring (bicyclic) bond motifs is 1. The largest absolute Gasteiger partial charge is 0.467 e. The first kappa shape index (κ1) is 15.7. The van der Waals surface area contributed by atoms with Crippen LogP contribution in [0.5, 0.6) is 0 Å². The normalized spacial score (nSPS) is 13.5. The van der Waals surface area contributed by atoms with Gasteiger partial charge in [-0.3, -0.25) is 4.79 Å². The first-order valence-corrected chi connectivity index (χ1v) is 8.48. The fourth-order valence-electron chi connectivity index (χ4n) is 3.18. The molecule has 3 heterocycles. The average Bonchev–Trinajstić information content (AvgIpc) is 3.29.